The van der Waals surface area contributed by atoms with E-state index in [1.165, 1.54) is 36.0 Å². The number of allylic oxidation sites excluding steroid dienone is 1. The lowest BCUT2D eigenvalue weighted by atomic mass is 10.1. The molecule has 1 fully saturated rings. The van der Waals surface area contributed by atoms with E-state index in [1.54, 1.807) is 13.0 Å². The van der Waals surface area contributed by atoms with Crippen LogP contribution in [0.1, 0.15) is 35.4 Å². The van der Waals surface area contributed by atoms with Crippen molar-refractivity contribution in [1.29, 1.82) is 0 Å². The summed E-state index contributed by atoms with van der Waals surface area (Å²) in [5, 5.41) is 8.46. The molecule has 0 spiro atoms. The lowest BCUT2D eigenvalue weighted by Gasteiger charge is -2.13. The van der Waals surface area contributed by atoms with Crippen molar-refractivity contribution in [3.63, 3.8) is 0 Å². The molecule has 0 aliphatic carbocycles. The molecule has 2 atom stereocenters. The molecule has 3 rings (SSSR count). The molecular formula is C18H20FN3O3S2. The van der Waals surface area contributed by atoms with Gasteiger partial charge < -0.3 is 4.57 Å². The van der Waals surface area contributed by atoms with Crippen molar-refractivity contribution in [2.75, 3.05) is 11.5 Å². The quantitative estimate of drug-likeness (QED) is 0.397. The number of ketones is 1. The first-order valence-electron chi connectivity index (χ1n) is 8.51. The van der Waals surface area contributed by atoms with Crippen LogP contribution in [-0.2, 0) is 16.4 Å². The summed E-state index contributed by atoms with van der Waals surface area (Å²) >= 11 is 1.25. The molecule has 6 nitrogen and oxygen atoms in total. The van der Waals surface area contributed by atoms with E-state index >= 15 is 0 Å². The number of hydrogen-bond acceptors (Lipinski definition) is 6. The maximum Gasteiger partial charge on any atom is 0.192 e. The Hall–Kier alpha value is -2.00. The van der Waals surface area contributed by atoms with Gasteiger partial charge in [-0.15, -0.1) is 16.8 Å². The number of nitrogens with zero attached hydrogens (tertiary/aromatic N) is 3. The van der Waals surface area contributed by atoms with Crippen molar-refractivity contribution >= 4 is 27.4 Å². The molecule has 1 aliphatic heterocycles. The Labute approximate surface area is 161 Å². The van der Waals surface area contributed by atoms with Crippen molar-refractivity contribution < 1.29 is 17.6 Å². The zero-order chi connectivity index (χ0) is 19.6. The number of sulfone groups is 1. The molecule has 0 N–H and O–H groups in total. The summed E-state index contributed by atoms with van der Waals surface area (Å²) in [5.41, 5.74) is 0.424. The van der Waals surface area contributed by atoms with Crippen molar-refractivity contribution in [2.45, 2.75) is 36.2 Å². The minimum absolute atomic E-state index is 0.0665. The highest BCUT2D eigenvalue weighted by Crippen LogP contribution is 2.32. The number of halogens is 1. The van der Waals surface area contributed by atoms with Crippen molar-refractivity contribution in [3.8, 4) is 0 Å². The normalized spacial score (nSPS) is 19.7. The van der Waals surface area contributed by atoms with Gasteiger partial charge in [0.2, 0.25) is 0 Å². The van der Waals surface area contributed by atoms with Gasteiger partial charge in [0.15, 0.2) is 20.8 Å². The van der Waals surface area contributed by atoms with Gasteiger partial charge in [0.25, 0.3) is 0 Å². The standard InChI is InChI=1S/C18H20FN3O3S2/c1-3-9-22-17(14-8-10-27(24,25)11-14)20-21-18(22)26-12(2)16(23)13-4-6-15(19)7-5-13/h3-7,12,14H,1,8-11H2,2H3. The number of thioether (sulfide) groups is 1. The fourth-order valence-electron chi connectivity index (χ4n) is 3.05. The molecule has 0 radical (unpaired) electrons. The van der Waals surface area contributed by atoms with Crippen LogP contribution in [0.3, 0.4) is 0 Å². The third-order valence-corrected chi connectivity index (χ3v) is 7.28. The highest BCUT2D eigenvalue weighted by atomic mass is 32.2. The molecule has 1 saturated heterocycles. The molecule has 1 aromatic heterocycles. The molecule has 2 aromatic rings. The van der Waals surface area contributed by atoms with E-state index in [4.69, 9.17) is 0 Å². The van der Waals surface area contributed by atoms with E-state index in [9.17, 15) is 17.6 Å². The Morgan fingerprint density at radius 2 is 2.11 bits per heavy atom. The van der Waals surface area contributed by atoms with Crippen LogP contribution in [0, 0.1) is 5.82 Å². The lowest BCUT2D eigenvalue weighted by molar-refractivity contribution is 0.0993. The predicted octanol–water partition coefficient (Wildman–Crippen LogP) is 2.87. The second-order valence-electron chi connectivity index (χ2n) is 6.47. The number of Topliss-reactive ketones (excluding diaryl/α,β-unsaturated/α-hetero) is 1. The molecule has 2 heterocycles. The van der Waals surface area contributed by atoms with E-state index in [-0.39, 0.29) is 23.2 Å². The fraction of sp³-hybridized carbons (Fsp3) is 0.389. The summed E-state index contributed by atoms with van der Waals surface area (Å²) in [4.78, 5) is 12.6. The van der Waals surface area contributed by atoms with Crippen LogP contribution < -0.4 is 0 Å². The lowest BCUT2D eigenvalue weighted by Crippen LogP contribution is -2.16. The van der Waals surface area contributed by atoms with Crippen LogP contribution in [0.25, 0.3) is 0 Å². The van der Waals surface area contributed by atoms with Gasteiger partial charge >= 0.3 is 0 Å². The minimum Gasteiger partial charge on any atom is -0.302 e. The average molecular weight is 410 g/mol. The smallest absolute Gasteiger partial charge is 0.192 e. The van der Waals surface area contributed by atoms with Gasteiger partial charge in [0.1, 0.15) is 11.6 Å². The van der Waals surface area contributed by atoms with Crippen molar-refractivity contribution in [1.82, 2.24) is 14.8 Å². The topological polar surface area (TPSA) is 81.9 Å². The van der Waals surface area contributed by atoms with Gasteiger partial charge in [-0.05, 0) is 37.6 Å². The van der Waals surface area contributed by atoms with Gasteiger partial charge in [-0.3, -0.25) is 4.79 Å². The zero-order valence-electron chi connectivity index (χ0n) is 14.8. The number of rotatable bonds is 7. The van der Waals surface area contributed by atoms with E-state index in [0.29, 0.717) is 29.5 Å². The average Bonchev–Trinajstić information content (AvgIpc) is 3.18. The maximum atomic E-state index is 13.1. The Morgan fingerprint density at radius 1 is 1.41 bits per heavy atom. The Balaban J connectivity index is 1.81. The second kappa shape index (κ2) is 7.93. The molecule has 144 valence electrons. The maximum absolute atomic E-state index is 13.1. The third-order valence-electron chi connectivity index (χ3n) is 4.43. The third kappa shape index (κ3) is 4.47. The predicted molar refractivity (Wildman–Crippen MR) is 102 cm³/mol. The molecule has 0 bridgehead atoms. The van der Waals surface area contributed by atoms with Crippen molar-refractivity contribution in [3.05, 3.63) is 54.1 Å². The van der Waals surface area contributed by atoms with Gasteiger partial charge in [0, 0.05) is 18.0 Å². The second-order valence-corrected chi connectivity index (χ2v) is 10.0. The molecule has 1 aromatic carbocycles. The summed E-state index contributed by atoms with van der Waals surface area (Å²) in [5.74, 6) is 0.101. The van der Waals surface area contributed by atoms with Gasteiger partial charge in [-0.25, -0.2) is 12.8 Å². The van der Waals surface area contributed by atoms with Crippen LogP contribution in [0.2, 0.25) is 0 Å². The fourth-order valence-corrected chi connectivity index (χ4v) is 5.73. The number of carbonyl (C=O) groups excluding carboxylic acids is 1. The van der Waals surface area contributed by atoms with E-state index < -0.39 is 20.9 Å². The highest BCUT2D eigenvalue weighted by molar-refractivity contribution is 8.00. The monoisotopic (exact) mass is 409 g/mol. The van der Waals surface area contributed by atoms with Gasteiger partial charge in [0.05, 0.1) is 16.8 Å². The van der Waals surface area contributed by atoms with E-state index in [2.05, 4.69) is 16.8 Å². The van der Waals surface area contributed by atoms with E-state index in [1.807, 2.05) is 4.57 Å². The minimum atomic E-state index is -3.04. The summed E-state index contributed by atoms with van der Waals surface area (Å²) in [6, 6.07) is 5.42. The van der Waals surface area contributed by atoms with Crippen LogP contribution in [0.15, 0.2) is 42.1 Å². The van der Waals surface area contributed by atoms with Gasteiger partial charge in [-0.2, -0.15) is 0 Å². The number of hydrogen-bond donors (Lipinski definition) is 0. The summed E-state index contributed by atoms with van der Waals surface area (Å²) in [7, 11) is -3.04. The molecule has 1 aliphatic rings. The van der Waals surface area contributed by atoms with Crippen LogP contribution in [-0.4, -0.2) is 45.7 Å². The molecule has 2 unspecified atom stereocenters. The summed E-state index contributed by atoms with van der Waals surface area (Å²) in [6.45, 7) is 5.92. The summed E-state index contributed by atoms with van der Waals surface area (Å²) in [6.07, 6.45) is 2.21. The number of aromatic nitrogens is 3. The van der Waals surface area contributed by atoms with Crippen LogP contribution >= 0.6 is 11.8 Å². The summed E-state index contributed by atoms with van der Waals surface area (Å²) < 4.78 is 38.4. The molecule has 0 saturated carbocycles. The Morgan fingerprint density at radius 3 is 2.70 bits per heavy atom. The van der Waals surface area contributed by atoms with Crippen LogP contribution in [0.4, 0.5) is 4.39 Å². The largest absolute Gasteiger partial charge is 0.302 e. The number of carbonyl (C=O) groups is 1. The first-order valence-corrected chi connectivity index (χ1v) is 11.2. The SMILES string of the molecule is C=CCn1c(SC(C)C(=O)c2ccc(F)cc2)nnc1C1CCS(=O)(=O)C1. The Bertz CT molecular complexity index is 955. The van der Waals surface area contributed by atoms with Crippen LogP contribution in [0.5, 0.6) is 0 Å². The van der Waals surface area contributed by atoms with E-state index in [0.717, 1.165) is 0 Å². The van der Waals surface area contributed by atoms with Gasteiger partial charge in [-0.1, -0.05) is 17.8 Å². The Kier molecular flexibility index (Phi) is 5.81. The molecule has 27 heavy (non-hydrogen) atoms. The highest BCUT2D eigenvalue weighted by Gasteiger charge is 2.33. The first-order chi connectivity index (χ1) is 12.8. The molecule has 0 amide bonds. The zero-order valence-corrected chi connectivity index (χ0v) is 16.5. The van der Waals surface area contributed by atoms with Crippen molar-refractivity contribution in [2.24, 2.45) is 0 Å². The molecular weight excluding hydrogens is 389 g/mol. The first kappa shape index (κ1) is 19.8. The number of benzene rings is 1. The molecule has 9 heteroatoms.